The fraction of sp³-hybridized carbons (Fsp3) is 0.316. The largest absolute Gasteiger partial charge is 0.336 e. The topological polar surface area (TPSA) is 66.1 Å². The molecular formula is C19H19N3O2. The van der Waals surface area contributed by atoms with Crippen molar-refractivity contribution in [1.29, 1.82) is 5.26 Å². The third-order valence-corrected chi connectivity index (χ3v) is 4.59. The second kappa shape index (κ2) is 6.32. The Kier molecular flexibility index (Phi) is 4.22. The molecule has 2 aromatic rings. The molecule has 2 heterocycles. The normalized spacial score (nSPS) is 15.5. The van der Waals surface area contributed by atoms with Crippen LogP contribution in [0, 0.1) is 24.2 Å². The van der Waals surface area contributed by atoms with Crippen LogP contribution in [-0.4, -0.2) is 28.5 Å². The number of aromatic nitrogens is 1. The van der Waals surface area contributed by atoms with Crippen molar-refractivity contribution in [3.63, 3.8) is 0 Å². The van der Waals surface area contributed by atoms with E-state index < -0.39 is 0 Å². The van der Waals surface area contributed by atoms with Crippen molar-refractivity contribution in [2.75, 3.05) is 13.1 Å². The molecule has 0 radical (unpaired) electrons. The van der Waals surface area contributed by atoms with Crippen molar-refractivity contribution in [2.24, 2.45) is 5.92 Å². The van der Waals surface area contributed by atoms with Crippen LogP contribution in [-0.2, 0) is 0 Å². The summed E-state index contributed by atoms with van der Waals surface area (Å²) >= 11 is 0. The number of hydrogen-bond acceptors (Lipinski definition) is 3. The van der Waals surface area contributed by atoms with Gasteiger partial charge in [0.2, 0.25) is 0 Å². The smallest absolute Gasteiger partial charge is 0.264 e. The fourth-order valence-electron chi connectivity index (χ4n) is 2.98. The summed E-state index contributed by atoms with van der Waals surface area (Å²) in [5.74, 6) is -0.401. The number of aryl methyl sites for hydroxylation is 1. The Morgan fingerprint density at radius 3 is 2.54 bits per heavy atom. The van der Waals surface area contributed by atoms with E-state index in [2.05, 4.69) is 6.07 Å². The van der Waals surface area contributed by atoms with Crippen LogP contribution in [0.25, 0.3) is 0 Å². The number of carbonyl (C=O) groups excluding carboxylic acids is 1. The molecule has 1 aromatic heterocycles. The number of benzene rings is 1. The summed E-state index contributed by atoms with van der Waals surface area (Å²) in [6.45, 7) is 4.51. The maximum atomic E-state index is 12.9. The van der Waals surface area contributed by atoms with Crippen molar-refractivity contribution in [1.82, 2.24) is 9.47 Å². The molecule has 0 spiro atoms. The molecule has 5 nitrogen and oxygen atoms in total. The molecule has 1 fully saturated rings. The van der Waals surface area contributed by atoms with Gasteiger partial charge in [-0.3, -0.25) is 9.59 Å². The van der Waals surface area contributed by atoms with Gasteiger partial charge in [-0.25, -0.2) is 0 Å². The van der Waals surface area contributed by atoms with E-state index in [0.717, 1.165) is 5.56 Å². The van der Waals surface area contributed by atoms with E-state index in [4.69, 9.17) is 5.26 Å². The second-order valence-electron chi connectivity index (χ2n) is 6.21. The molecule has 1 atom stereocenters. The van der Waals surface area contributed by atoms with Gasteiger partial charge in [0.25, 0.3) is 11.5 Å². The third-order valence-electron chi connectivity index (χ3n) is 4.59. The Hall–Kier alpha value is -2.87. The Morgan fingerprint density at radius 2 is 1.92 bits per heavy atom. The first-order chi connectivity index (χ1) is 11.5. The number of nitrogens with zero attached hydrogens (tertiary/aromatic N) is 3. The Labute approximate surface area is 140 Å². The van der Waals surface area contributed by atoms with Gasteiger partial charge in [0.15, 0.2) is 0 Å². The van der Waals surface area contributed by atoms with E-state index in [1.165, 1.54) is 0 Å². The number of nitriles is 1. The minimum absolute atomic E-state index is 0.122. The molecule has 1 saturated heterocycles. The van der Waals surface area contributed by atoms with Gasteiger partial charge in [-0.2, -0.15) is 5.26 Å². The summed E-state index contributed by atoms with van der Waals surface area (Å²) in [6.07, 6.45) is 1.74. The number of carbonyl (C=O) groups is 1. The molecule has 5 heteroatoms. The first kappa shape index (κ1) is 16.0. The quantitative estimate of drug-likeness (QED) is 0.871. The zero-order chi connectivity index (χ0) is 17.3. The Morgan fingerprint density at radius 1 is 1.25 bits per heavy atom. The van der Waals surface area contributed by atoms with Crippen molar-refractivity contribution in [3.8, 4) is 6.07 Å². The summed E-state index contributed by atoms with van der Waals surface area (Å²) in [5.41, 5.74) is 1.60. The lowest BCUT2D eigenvalue weighted by Crippen LogP contribution is -2.51. The van der Waals surface area contributed by atoms with E-state index in [1.807, 2.05) is 37.3 Å². The van der Waals surface area contributed by atoms with Crippen LogP contribution in [0.2, 0.25) is 0 Å². The number of amides is 1. The molecule has 24 heavy (non-hydrogen) atoms. The second-order valence-corrected chi connectivity index (χ2v) is 6.21. The van der Waals surface area contributed by atoms with E-state index in [-0.39, 0.29) is 29.0 Å². The first-order valence-corrected chi connectivity index (χ1v) is 7.98. The highest BCUT2D eigenvalue weighted by molar-refractivity contribution is 5.95. The highest BCUT2D eigenvalue weighted by Gasteiger charge is 2.33. The first-order valence-electron chi connectivity index (χ1n) is 7.98. The maximum Gasteiger partial charge on any atom is 0.264 e. The lowest BCUT2D eigenvalue weighted by atomic mass is 9.99. The van der Waals surface area contributed by atoms with Gasteiger partial charge in [0.05, 0.1) is 18.0 Å². The molecule has 0 saturated carbocycles. The van der Waals surface area contributed by atoms with Gasteiger partial charge in [-0.05, 0) is 31.0 Å². The Balaban J connectivity index is 1.96. The van der Waals surface area contributed by atoms with Crippen LogP contribution in [0.5, 0.6) is 0 Å². The molecule has 122 valence electrons. The fourth-order valence-corrected chi connectivity index (χ4v) is 2.98. The maximum absolute atomic E-state index is 12.9. The minimum atomic E-state index is -0.281. The molecule has 0 aliphatic carbocycles. The van der Waals surface area contributed by atoms with Crippen LogP contribution < -0.4 is 5.56 Å². The van der Waals surface area contributed by atoms with Crippen molar-refractivity contribution < 1.29 is 4.79 Å². The van der Waals surface area contributed by atoms with Crippen LogP contribution in [0.4, 0.5) is 0 Å². The monoisotopic (exact) mass is 321 g/mol. The summed E-state index contributed by atoms with van der Waals surface area (Å²) < 4.78 is 1.59. The van der Waals surface area contributed by atoms with Crippen LogP contribution >= 0.6 is 0 Å². The molecule has 1 unspecified atom stereocenters. The molecule has 1 aliphatic heterocycles. The lowest BCUT2D eigenvalue weighted by Gasteiger charge is -2.35. The average Bonchev–Trinajstić information content (AvgIpc) is 2.54. The van der Waals surface area contributed by atoms with Crippen molar-refractivity contribution in [3.05, 3.63) is 69.6 Å². The highest BCUT2D eigenvalue weighted by Crippen LogP contribution is 2.20. The van der Waals surface area contributed by atoms with Gasteiger partial charge in [0.1, 0.15) is 5.56 Å². The van der Waals surface area contributed by atoms with Gasteiger partial charge in [0, 0.05) is 19.3 Å². The van der Waals surface area contributed by atoms with E-state index in [9.17, 15) is 9.59 Å². The third kappa shape index (κ3) is 2.71. The summed E-state index contributed by atoms with van der Waals surface area (Å²) in [4.78, 5) is 27.1. The molecule has 1 aliphatic rings. The number of hydrogen-bond donors (Lipinski definition) is 0. The highest BCUT2D eigenvalue weighted by atomic mass is 16.2. The minimum Gasteiger partial charge on any atom is -0.336 e. The summed E-state index contributed by atoms with van der Waals surface area (Å²) in [7, 11) is 0. The van der Waals surface area contributed by atoms with E-state index in [0.29, 0.717) is 18.7 Å². The zero-order valence-corrected chi connectivity index (χ0v) is 13.8. The molecule has 0 N–H and O–H groups in total. The summed E-state index contributed by atoms with van der Waals surface area (Å²) in [6, 6.07) is 13.5. The predicted molar refractivity (Wildman–Crippen MR) is 90.7 cm³/mol. The van der Waals surface area contributed by atoms with Gasteiger partial charge < -0.3 is 9.47 Å². The number of rotatable bonds is 3. The lowest BCUT2D eigenvalue weighted by molar-refractivity contribution is 0.0574. The van der Waals surface area contributed by atoms with Crippen LogP contribution in [0.3, 0.4) is 0 Å². The molecule has 1 aromatic carbocycles. The molecule has 0 bridgehead atoms. The van der Waals surface area contributed by atoms with Gasteiger partial charge in [-0.15, -0.1) is 0 Å². The van der Waals surface area contributed by atoms with Gasteiger partial charge in [-0.1, -0.05) is 30.3 Å². The van der Waals surface area contributed by atoms with Crippen LogP contribution in [0.1, 0.15) is 34.5 Å². The van der Waals surface area contributed by atoms with Gasteiger partial charge >= 0.3 is 0 Å². The zero-order valence-electron chi connectivity index (χ0n) is 13.8. The molecule has 3 rings (SSSR count). The average molecular weight is 321 g/mol. The number of pyridine rings is 1. The molecule has 1 amide bonds. The van der Waals surface area contributed by atoms with Crippen LogP contribution in [0.15, 0.2) is 47.4 Å². The van der Waals surface area contributed by atoms with E-state index >= 15 is 0 Å². The SMILES string of the molecule is Cc1ccn(C(C)c2ccccc2)c(=O)c1C(=O)N1CC(C#N)C1. The predicted octanol–water partition coefficient (Wildman–Crippen LogP) is 2.36. The van der Waals surface area contributed by atoms with Crippen molar-refractivity contribution >= 4 is 5.91 Å². The van der Waals surface area contributed by atoms with E-state index in [1.54, 1.807) is 28.7 Å². The Bertz CT molecular complexity index is 858. The standard InChI is InChI=1S/C19H19N3O2/c1-13-8-9-22(14(2)16-6-4-3-5-7-16)19(24)17(13)18(23)21-11-15(10-20)12-21/h3-9,14-15H,11-12H2,1-2H3. The molecular weight excluding hydrogens is 302 g/mol. The number of likely N-dealkylation sites (tertiary alicyclic amines) is 1. The van der Waals surface area contributed by atoms with Crippen molar-refractivity contribution in [2.45, 2.75) is 19.9 Å². The summed E-state index contributed by atoms with van der Waals surface area (Å²) in [5, 5.41) is 8.85.